The number of fused-ring (bicyclic) bond motifs is 2. The quantitative estimate of drug-likeness (QED) is 0.690. The maximum absolute atomic E-state index is 12.6. The first-order valence-electron chi connectivity index (χ1n) is 8.49. The number of rotatable bonds is 5. The van der Waals surface area contributed by atoms with E-state index < -0.39 is 27.3 Å². The zero-order valence-corrected chi connectivity index (χ0v) is 15.9. The minimum atomic E-state index is -3.69. The Balaban J connectivity index is 2.03. The smallest absolute Gasteiger partial charge is 0.248 e. The number of likely N-dealkylation sites (tertiary alicyclic amines) is 1. The molecule has 2 aliphatic rings. The van der Waals surface area contributed by atoms with Crippen LogP contribution in [0.4, 0.5) is 0 Å². The van der Waals surface area contributed by atoms with E-state index in [0.717, 1.165) is 32.2 Å². The number of piperidine rings is 1. The standard InChI is InChI=1S/C16H29N3O4S/c1-10(2)19-8-11-6-7-12(9-19)13(11)17-14(20)16(3,4)15(21)18-24(5,22)23/h10-13H,6-9H2,1-5H3,(H,17,20)(H,18,21)/t11-,12+,13-. The largest absolute Gasteiger partial charge is 0.352 e. The molecule has 0 unspecified atom stereocenters. The molecule has 138 valence electrons. The highest BCUT2D eigenvalue weighted by molar-refractivity contribution is 7.89. The summed E-state index contributed by atoms with van der Waals surface area (Å²) in [6.45, 7) is 9.17. The van der Waals surface area contributed by atoms with E-state index in [1.54, 1.807) is 0 Å². The summed E-state index contributed by atoms with van der Waals surface area (Å²) >= 11 is 0. The number of hydrogen-bond donors (Lipinski definition) is 2. The molecule has 7 nitrogen and oxygen atoms in total. The maximum Gasteiger partial charge on any atom is 0.248 e. The van der Waals surface area contributed by atoms with Crippen LogP contribution in [0, 0.1) is 17.3 Å². The van der Waals surface area contributed by atoms with Crippen LogP contribution in [-0.2, 0) is 19.6 Å². The first-order chi connectivity index (χ1) is 10.9. The molecule has 1 saturated heterocycles. The van der Waals surface area contributed by atoms with E-state index >= 15 is 0 Å². The highest BCUT2D eigenvalue weighted by Crippen LogP contribution is 2.38. The van der Waals surface area contributed by atoms with Crippen molar-refractivity contribution < 1.29 is 18.0 Å². The topological polar surface area (TPSA) is 95.6 Å². The van der Waals surface area contributed by atoms with Crippen LogP contribution >= 0.6 is 0 Å². The summed E-state index contributed by atoms with van der Waals surface area (Å²) in [5, 5.41) is 3.03. The fraction of sp³-hybridized carbons (Fsp3) is 0.875. The molecule has 24 heavy (non-hydrogen) atoms. The van der Waals surface area contributed by atoms with Crippen molar-refractivity contribution in [1.82, 2.24) is 14.9 Å². The predicted molar refractivity (Wildman–Crippen MR) is 91.6 cm³/mol. The fourth-order valence-electron chi connectivity index (χ4n) is 3.65. The second kappa shape index (κ2) is 6.63. The third kappa shape index (κ3) is 4.08. The third-order valence-corrected chi connectivity index (χ3v) is 5.86. The van der Waals surface area contributed by atoms with Gasteiger partial charge in [0.25, 0.3) is 0 Å². The molecule has 2 rings (SSSR count). The molecule has 2 amide bonds. The van der Waals surface area contributed by atoms with Gasteiger partial charge in [0.2, 0.25) is 21.8 Å². The minimum Gasteiger partial charge on any atom is -0.352 e. The molecule has 1 aliphatic carbocycles. The SMILES string of the molecule is CC(C)N1C[C@H]2CC[C@@H](C1)[C@@H]2NC(=O)C(C)(C)C(=O)NS(C)(=O)=O. The van der Waals surface area contributed by atoms with Crippen molar-refractivity contribution >= 4 is 21.8 Å². The van der Waals surface area contributed by atoms with E-state index in [9.17, 15) is 18.0 Å². The molecule has 1 saturated carbocycles. The first-order valence-corrected chi connectivity index (χ1v) is 10.4. The fourth-order valence-corrected chi connectivity index (χ4v) is 4.24. The molecule has 3 atom stereocenters. The summed E-state index contributed by atoms with van der Waals surface area (Å²) in [7, 11) is -3.69. The van der Waals surface area contributed by atoms with E-state index in [1.165, 1.54) is 13.8 Å². The van der Waals surface area contributed by atoms with Gasteiger partial charge in [-0.2, -0.15) is 0 Å². The van der Waals surface area contributed by atoms with Crippen LogP contribution < -0.4 is 10.0 Å². The van der Waals surface area contributed by atoms with Crippen LogP contribution in [0.2, 0.25) is 0 Å². The molecular formula is C16H29N3O4S. The van der Waals surface area contributed by atoms with Crippen molar-refractivity contribution in [2.24, 2.45) is 17.3 Å². The van der Waals surface area contributed by atoms with Gasteiger partial charge in [-0.3, -0.25) is 14.3 Å². The first kappa shape index (κ1) is 19.2. The predicted octanol–water partition coefficient (Wildman–Crippen LogP) is 0.323. The van der Waals surface area contributed by atoms with Gasteiger partial charge >= 0.3 is 0 Å². The van der Waals surface area contributed by atoms with Crippen LogP contribution in [0.15, 0.2) is 0 Å². The van der Waals surface area contributed by atoms with Crippen LogP contribution in [-0.4, -0.2) is 56.6 Å². The highest BCUT2D eigenvalue weighted by Gasteiger charge is 2.46. The van der Waals surface area contributed by atoms with E-state index in [4.69, 9.17) is 0 Å². The number of nitrogens with zero attached hydrogens (tertiary/aromatic N) is 1. The Kier molecular flexibility index (Phi) is 5.30. The number of amides is 2. The van der Waals surface area contributed by atoms with Crippen molar-refractivity contribution in [3.63, 3.8) is 0 Å². The highest BCUT2D eigenvalue weighted by atomic mass is 32.2. The minimum absolute atomic E-state index is 0.0674. The molecule has 2 fully saturated rings. The summed E-state index contributed by atoms with van der Waals surface area (Å²) in [5.74, 6) is -0.425. The molecule has 0 spiro atoms. The molecule has 1 aliphatic heterocycles. The van der Waals surface area contributed by atoms with Gasteiger partial charge in [0.15, 0.2) is 0 Å². The van der Waals surface area contributed by atoms with Gasteiger partial charge in [-0.05, 0) is 52.4 Å². The van der Waals surface area contributed by atoms with Gasteiger partial charge < -0.3 is 10.2 Å². The number of sulfonamides is 1. The Hall–Kier alpha value is -1.15. The van der Waals surface area contributed by atoms with Crippen LogP contribution in [0.5, 0.6) is 0 Å². The van der Waals surface area contributed by atoms with Gasteiger partial charge in [-0.1, -0.05) is 0 Å². The average Bonchev–Trinajstić information content (AvgIpc) is 2.67. The zero-order chi connectivity index (χ0) is 18.3. The normalized spacial score (nSPS) is 28.0. The maximum atomic E-state index is 12.6. The monoisotopic (exact) mass is 359 g/mol. The van der Waals surface area contributed by atoms with Crippen molar-refractivity contribution in [2.75, 3.05) is 19.3 Å². The number of hydrogen-bond acceptors (Lipinski definition) is 5. The second-order valence-corrected chi connectivity index (χ2v) is 9.72. The van der Waals surface area contributed by atoms with Crippen molar-refractivity contribution in [3.8, 4) is 0 Å². The van der Waals surface area contributed by atoms with Gasteiger partial charge in [0.05, 0.1) is 6.26 Å². The molecule has 2 N–H and O–H groups in total. The van der Waals surface area contributed by atoms with Crippen molar-refractivity contribution in [2.45, 2.75) is 52.6 Å². The molecule has 0 aromatic carbocycles. The van der Waals surface area contributed by atoms with Gasteiger partial charge in [0.1, 0.15) is 5.41 Å². The van der Waals surface area contributed by atoms with Gasteiger partial charge in [0, 0.05) is 25.2 Å². The lowest BCUT2D eigenvalue weighted by molar-refractivity contribution is -0.141. The van der Waals surface area contributed by atoms with Gasteiger partial charge in [-0.15, -0.1) is 0 Å². The summed E-state index contributed by atoms with van der Waals surface area (Å²) in [5.41, 5.74) is -1.43. The Morgan fingerprint density at radius 2 is 1.58 bits per heavy atom. The lowest BCUT2D eigenvalue weighted by atomic mass is 9.87. The van der Waals surface area contributed by atoms with Gasteiger partial charge in [-0.25, -0.2) is 8.42 Å². The molecule has 0 aromatic rings. The van der Waals surface area contributed by atoms with E-state index in [1.807, 2.05) is 4.72 Å². The Labute approximate surface area is 144 Å². The lowest BCUT2D eigenvalue weighted by Crippen LogP contribution is -2.58. The Morgan fingerprint density at radius 1 is 1.08 bits per heavy atom. The molecule has 2 bridgehead atoms. The second-order valence-electron chi connectivity index (χ2n) is 7.97. The molecule has 0 aromatic heterocycles. The third-order valence-electron chi connectivity index (χ3n) is 5.30. The number of carbonyl (C=O) groups excluding carboxylic acids is 2. The van der Waals surface area contributed by atoms with E-state index in [2.05, 4.69) is 24.1 Å². The Bertz CT molecular complexity index is 601. The van der Waals surface area contributed by atoms with E-state index in [-0.39, 0.29) is 6.04 Å². The average molecular weight is 359 g/mol. The summed E-state index contributed by atoms with van der Waals surface area (Å²) in [6.07, 6.45) is 3.06. The van der Waals surface area contributed by atoms with Crippen LogP contribution in [0.25, 0.3) is 0 Å². The lowest BCUT2D eigenvalue weighted by Gasteiger charge is -2.41. The summed E-state index contributed by atoms with van der Waals surface area (Å²) in [4.78, 5) is 27.2. The zero-order valence-electron chi connectivity index (χ0n) is 15.1. The number of nitrogens with one attached hydrogen (secondary N) is 2. The summed E-state index contributed by atoms with van der Waals surface area (Å²) in [6, 6.07) is 0.555. The molecule has 0 radical (unpaired) electrons. The Morgan fingerprint density at radius 3 is 2.00 bits per heavy atom. The van der Waals surface area contributed by atoms with Crippen molar-refractivity contribution in [3.05, 3.63) is 0 Å². The van der Waals surface area contributed by atoms with Crippen LogP contribution in [0.1, 0.15) is 40.5 Å². The van der Waals surface area contributed by atoms with Crippen molar-refractivity contribution in [1.29, 1.82) is 0 Å². The van der Waals surface area contributed by atoms with Crippen LogP contribution in [0.3, 0.4) is 0 Å². The van der Waals surface area contributed by atoms with E-state index in [0.29, 0.717) is 17.9 Å². The number of carbonyl (C=O) groups is 2. The molecule has 8 heteroatoms. The molecular weight excluding hydrogens is 330 g/mol. The summed E-state index contributed by atoms with van der Waals surface area (Å²) < 4.78 is 24.4. The molecule has 1 heterocycles.